The number of anilines is 3. The van der Waals surface area contributed by atoms with Crippen LogP contribution in [0.1, 0.15) is 115 Å². The Hall–Kier alpha value is -5.06. The minimum atomic E-state index is -0.478. The number of nitrogens with one attached hydrogen (secondary N) is 1. The number of benzene rings is 1. The predicted molar refractivity (Wildman–Crippen MR) is 232 cm³/mol. The molecule has 0 bridgehead atoms. The molecule has 0 spiro atoms. The summed E-state index contributed by atoms with van der Waals surface area (Å²) in [7, 11) is 0. The monoisotopic (exact) mass is 772 g/mol. The zero-order valence-corrected chi connectivity index (χ0v) is 35.7. The molecule has 5 rings (SSSR count). The van der Waals surface area contributed by atoms with E-state index in [1.165, 1.54) is 18.8 Å². The van der Waals surface area contributed by atoms with Crippen LogP contribution in [0.4, 0.5) is 21.7 Å². The minimum absolute atomic E-state index is 0.127. The van der Waals surface area contributed by atoms with Crippen molar-refractivity contribution in [3.63, 3.8) is 0 Å². The van der Waals surface area contributed by atoms with Gasteiger partial charge in [0.1, 0.15) is 29.2 Å². The van der Waals surface area contributed by atoms with Crippen LogP contribution in [-0.4, -0.2) is 51.7 Å². The average Bonchev–Trinajstić information content (AvgIpc) is 3.34. The third kappa shape index (κ3) is 15.6. The molecule has 3 aromatic rings. The molecule has 1 unspecified atom stereocenters. The molecule has 0 amide bonds. The maximum absolute atomic E-state index is 15.3. The average molecular weight is 772 g/mol. The number of ketones is 1. The Kier molecular flexibility index (Phi) is 21.8. The highest BCUT2D eigenvalue weighted by atomic mass is 19.1. The Balaban J connectivity index is 0.000000666. The van der Waals surface area contributed by atoms with Crippen LogP contribution in [0, 0.1) is 17.7 Å². The van der Waals surface area contributed by atoms with E-state index < -0.39 is 5.82 Å². The number of unbranched alkanes of at least 4 members (excludes halogenated alkanes) is 2. The summed E-state index contributed by atoms with van der Waals surface area (Å²) in [6.07, 6.45) is 20.6. The molecular weight excluding hydrogens is 706 g/mol. The lowest BCUT2D eigenvalue weighted by atomic mass is 10.1. The van der Waals surface area contributed by atoms with Gasteiger partial charge in [-0.25, -0.2) is 24.4 Å². The third-order valence-corrected chi connectivity index (χ3v) is 8.36. The van der Waals surface area contributed by atoms with Gasteiger partial charge < -0.3 is 19.7 Å². The van der Waals surface area contributed by atoms with Crippen molar-refractivity contribution in [3.05, 3.63) is 84.4 Å². The maximum atomic E-state index is 15.3. The molecule has 0 saturated carbocycles. The molecule has 2 aliphatic heterocycles. The second kappa shape index (κ2) is 25.9. The molecule has 10 nitrogen and oxygen atoms in total. The number of rotatable bonds is 13. The van der Waals surface area contributed by atoms with E-state index in [9.17, 15) is 4.79 Å². The Morgan fingerprint density at radius 2 is 1.88 bits per heavy atom. The van der Waals surface area contributed by atoms with E-state index in [0.717, 1.165) is 62.6 Å². The number of ether oxygens (including phenoxy) is 2. The Morgan fingerprint density at radius 1 is 1.12 bits per heavy atom. The second-order valence-electron chi connectivity index (χ2n) is 13.7. The van der Waals surface area contributed by atoms with Gasteiger partial charge in [-0.15, -0.1) is 0 Å². The Labute approximate surface area is 335 Å². The molecule has 56 heavy (non-hydrogen) atoms. The summed E-state index contributed by atoms with van der Waals surface area (Å²) >= 11 is 0. The van der Waals surface area contributed by atoms with Crippen LogP contribution in [0.25, 0.3) is 11.0 Å². The van der Waals surface area contributed by atoms with Gasteiger partial charge in [-0.05, 0) is 63.3 Å². The van der Waals surface area contributed by atoms with Crippen LogP contribution in [0.2, 0.25) is 0 Å². The van der Waals surface area contributed by atoms with E-state index in [1.807, 2.05) is 58.2 Å². The van der Waals surface area contributed by atoms with Crippen LogP contribution < -0.4 is 19.7 Å². The van der Waals surface area contributed by atoms with Gasteiger partial charge in [-0.3, -0.25) is 4.79 Å². The lowest BCUT2D eigenvalue weighted by molar-refractivity contribution is -0.112. The number of pyridine rings is 1. The summed E-state index contributed by atoms with van der Waals surface area (Å²) in [6, 6.07) is 6.60. The number of halogens is 1. The lowest BCUT2D eigenvalue weighted by Crippen LogP contribution is -2.30. The summed E-state index contributed by atoms with van der Waals surface area (Å²) in [5.41, 5.74) is 2.33. The fraction of sp³-hybridized carbons (Fsp3) is 0.489. The molecule has 2 aromatic heterocycles. The lowest BCUT2D eigenvalue weighted by Gasteiger charge is -2.24. The summed E-state index contributed by atoms with van der Waals surface area (Å²) in [4.78, 5) is 26.2. The first kappa shape index (κ1) is 47.1. The molecule has 0 saturated heterocycles. The number of hydrogen-bond acceptors (Lipinski definition) is 10. The summed E-state index contributed by atoms with van der Waals surface area (Å²) in [5, 5.41) is 9.21. The molecule has 2 aliphatic rings. The van der Waals surface area contributed by atoms with Crippen LogP contribution in [-0.2, 0) is 4.79 Å². The normalized spacial score (nSPS) is 15.6. The van der Waals surface area contributed by atoms with Crippen LogP contribution in [0.3, 0.4) is 0 Å². The van der Waals surface area contributed by atoms with Gasteiger partial charge in [-0.2, -0.15) is 5.10 Å². The van der Waals surface area contributed by atoms with Gasteiger partial charge in [0.05, 0.1) is 23.5 Å². The van der Waals surface area contributed by atoms with Gasteiger partial charge in [0.25, 0.3) is 0 Å². The zero-order chi connectivity index (χ0) is 41.5. The number of aromatic nitrogens is 3. The van der Waals surface area contributed by atoms with Crippen molar-refractivity contribution in [2.24, 2.45) is 16.9 Å². The number of hydrazone groups is 1. The number of nitrogens with zero attached hydrogens (tertiary/aromatic N) is 6. The Bertz CT molecular complexity index is 1800. The molecule has 0 fully saturated rings. The maximum Gasteiger partial charge on any atom is 0.172 e. The highest BCUT2D eigenvalue weighted by Crippen LogP contribution is 2.36. The highest BCUT2D eigenvalue weighted by Gasteiger charge is 2.24. The molecule has 1 atom stereocenters. The number of carbonyl (C=O) groups excluding carboxylic acids is 1. The van der Waals surface area contributed by atoms with E-state index >= 15 is 4.39 Å². The topological polar surface area (TPSA) is 105 Å². The van der Waals surface area contributed by atoms with Crippen molar-refractivity contribution in [3.8, 4) is 11.5 Å². The summed E-state index contributed by atoms with van der Waals surface area (Å²) in [6.45, 7) is 24.8. The van der Waals surface area contributed by atoms with Crippen molar-refractivity contribution >= 4 is 40.4 Å². The summed E-state index contributed by atoms with van der Waals surface area (Å²) < 4.78 is 27.4. The van der Waals surface area contributed by atoms with Gasteiger partial charge in [-0.1, -0.05) is 93.7 Å². The van der Waals surface area contributed by atoms with E-state index in [4.69, 9.17) is 14.5 Å². The van der Waals surface area contributed by atoms with E-state index in [2.05, 4.69) is 66.8 Å². The van der Waals surface area contributed by atoms with Crippen molar-refractivity contribution in [2.75, 3.05) is 29.9 Å². The molecule has 1 N–H and O–H groups in total. The Morgan fingerprint density at radius 3 is 2.48 bits per heavy atom. The van der Waals surface area contributed by atoms with Gasteiger partial charge >= 0.3 is 0 Å². The van der Waals surface area contributed by atoms with Gasteiger partial charge in [0.2, 0.25) is 0 Å². The van der Waals surface area contributed by atoms with Gasteiger partial charge in [0, 0.05) is 49.6 Å². The van der Waals surface area contributed by atoms with Crippen LogP contribution in [0.15, 0.2) is 83.7 Å². The first-order chi connectivity index (χ1) is 27.0. The molecule has 0 aliphatic carbocycles. The van der Waals surface area contributed by atoms with Crippen molar-refractivity contribution in [1.82, 2.24) is 20.0 Å². The molecule has 1 aromatic carbocycles. The first-order valence-electron chi connectivity index (χ1n) is 20.4. The van der Waals surface area contributed by atoms with Crippen LogP contribution in [0.5, 0.6) is 11.5 Å². The predicted octanol–water partition coefficient (Wildman–Crippen LogP) is 11.9. The molecule has 0 radical (unpaired) electrons. The van der Waals surface area contributed by atoms with E-state index in [-0.39, 0.29) is 11.5 Å². The summed E-state index contributed by atoms with van der Waals surface area (Å²) in [5.74, 6) is 3.77. The number of carbonyl (C=O) groups is 1. The largest absolute Gasteiger partial charge is 0.489 e. The molecule has 11 heteroatoms. The minimum Gasteiger partial charge on any atom is -0.489 e. The van der Waals surface area contributed by atoms with Crippen LogP contribution >= 0.6 is 0 Å². The molecule has 4 heterocycles. The quantitative estimate of drug-likeness (QED) is 0.103. The fourth-order valence-electron chi connectivity index (χ4n) is 5.23. The SMILES string of the molecule is C/C=N\N1C=CC(Oc2ccc(Nc3ncnc4cc5c(nc34)N(CCCCC)CC(C)CO5)c(F)c2)=C/C1=C\CC.CC.CC/C=C/C(C)=O.CCC(C)C. The van der Waals surface area contributed by atoms with Crippen molar-refractivity contribution in [2.45, 2.75) is 115 Å². The van der Waals surface area contributed by atoms with Gasteiger partial charge in [0.15, 0.2) is 23.2 Å². The smallest absolute Gasteiger partial charge is 0.172 e. The standard InChI is InChI=1S/C32H38FN7O2.C6H10O.C5H12.C2H6/c1-5-8-9-14-39-19-22(4)20-41-29-18-28-30(38-32(29)39)31(35-21-34-28)37-27-12-11-24(17-26(27)33)42-25-13-15-40(36-7-3)23(16-25)10-6-2;1-3-4-5-6(2)7;1-4-5(2)3;1-2/h7,10-13,15-18,21-22H,5-6,8-9,14,19-20H2,1-4H3,(H,34,35,37);4-5H,3H2,1-2H3;5H,4H2,1-3H3;1-2H3/b23-10+,36-7-;5-4+;;. The molecular formula is C45H66FN7O3. The van der Waals surface area contributed by atoms with E-state index in [1.54, 1.807) is 42.4 Å². The van der Waals surface area contributed by atoms with Crippen molar-refractivity contribution in [1.29, 1.82) is 0 Å². The third-order valence-electron chi connectivity index (χ3n) is 8.36. The number of fused-ring (bicyclic) bond motifs is 2. The first-order valence-corrected chi connectivity index (χ1v) is 20.4. The molecule has 306 valence electrons. The zero-order valence-electron chi connectivity index (χ0n) is 35.7. The second-order valence-corrected chi connectivity index (χ2v) is 13.7. The number of allylic oxidation sites excluding steroid dienone is 5. The van der Waals surface area contributed by atoms with E-state index in [0.29, 0.717) is 46.6 Å². The fourth-order valence-corrected chi connectivity index (χ4v) is 5.23. The number of hydrogen-bond donors (Lipinski definition) is 1. The highest BCUT2D eigenvalue weighted by molar-refractivity contribution is 5.90. The van der Waals surface area contributed by atoms with Crippen molar-refractivity contribution < 1.29 is 18.7 Å².